The van der Waals surface area contributed by atoms with Crippen LogP contribution in [0.4, 0.5) is 0 Å². The van der Waals surface area contributed by atoms with Crippen LogP contribution in [0.5, 0.6) is 0 Å². The molecule has 3 aliphatic heterocycles. The van der Waals surface area contributed by atoms with E-state index in [1.807, 2.05) is 16.4 Å². The third-order valence-corrected chi connectivity index (χ3v) is 7.87. The SMILES string of the molecule is CCCCCCCOC1CCN(OSN(C)C2(C(=O)NOC3CCCCO3)CCOCC2)CC1.S. The minimum absolute atomic E-state index is 0. The number of ether oxygens (including phenoxy) is 3. The van der Waals surface area contributed by atoms with Gasteiger partial charge in [0.1, 0.15) is 17.8 Å². The van der Waals surface area contributed by atoms with Crippen molar-refractivity contribution in [3.05, 3.63) is 0 Å². The molecule has 3 heterocycles. The molecule has 3 rings (SSSR count). The Labute approximate surface area is 222 Å². The molecular formula is C24H47N3O6S2. The van der Waals surface area contributed by atoms with Crippen LogP contribution in [-0.4, -0.2) is 79.8 Å². The summed E-state index contributed by atoms with van der Waals surface area (Å²) in [5.74, 6) is -0.172. The molecule has 0 aromatic heterocycles. The zero-order chi connectivity index (χ0) is 24.1. The summed E-state index contributed by atoms with van der Waals surface area (Å²) in [6.45, 7) is 6.48. The van der Waals surface area contributed by atoms with E-state index in [0.717, 1.165) is 58.2 Å². The van der Waals surface area contributed by atoms with Crippen LogP contribution in [0.15, 0.2) is 0 Å². The van der Waals surface area contributed by atoms with Crippen LogP contribution in [0, 0.1) is 0 Å². The Morgan fingerprint density at radius 3 is 2.51 bits per heavy atom. The largest absolute Gasteiger partial charge is 0.381 e. The van der Waals surface area contributed by atoms with Crippen LogP contribution in [0.3, 0.4) is 0 Å². The molecule has 11 heteroatoms. The first kappa shape index (κ1) is 31.1. The minimum Gasteiger partial charge on any atom is -0.381 e. The number of rotatable bonds is 14. The van der Waals surface area contributed by atoms with Crippen LogP contribution in [0.2, 0.25) is 0 Å². The monoisotopic (exact) mass is 537 g/mol. The third-order valence-electron chi connectivity index (χ3n) is 7.02. The van der Waals surface area contributed by atoms with Crippen LogP contribution < -0.4 is 5.48 Å². The predicted molar refractivity (Wildman–Crippen MR) is 142 cm³/mol. The quantitative estimate of drug-likeness (QED) is 0.152. The maximum atomic E-state index is 13.2. The summed E-state index contributed by atoms with van der Waals surface area (Å²) in [5.41, 5.74) is 1.91. The van der Waals surface area contributed by atoms with Crippen molar-refractivity contribution >= 4 is 31.6 Å². The summed E-state index contributed by atoms with van der Waals surface area (Å²) in [7, 11) is 1.90. The second kappa shape index (κ2) is 17.4. The molecule has 0 radical (unpaired) electrons. The van der Waals surface area contributed by atoms with E-state index in [1.54, 1.807) is 0 Å². The smallest absolute Gasteiger partial charge is 0.265 e. The van der Waals surface area contributed by atoms with E-state index in [4.69, 9.17) is 23.3 Å². The Hall–Kier alpha value is -0.110. The van der Waals surface area contributed by atoms with Crippen molar-refractivity contribution in [2.75, 3.05) is 46.6 Å². The summed E-state index contributed by atoms with van der Waals surface area (Å²) in [6.07, 6.45) is 12.2. The number of unbranched alkanes of at least 4 members (excludes halogenated alkanes) is 4. The third kappa shape index (κ3) is 10.3. The number of hydroxylamine groups is 3. The molecule has 0 aromatic carbocycles. The molecule has 35 heavy (non-hydrogen) atoms. The van der Waals surface area contributed by atoms with Gasteiger partial charge in [-0.3, -0.25) is 4.79 Å². The number of nitrogens with one attached hydrogen (secondary N) is 1. The first-order chi connectivity index (χ1) is 16.6. The molecule has 3 saturated heterocycles. The second-order valence-electron chi connectivity index (χ2n) is 9.55. The molecule has 3 fully saturated rings. The summed E-state index contributed by atoms with van der Waals surface area (Å²) >= 11 is 1.22. The van der Waals surface area contributed by atoms with Gasteiger partial charge in [-0.2, -0.15) is 18.6 Å². The summed E-state index contributed by atoms with van der Waals surface area (Å²) < 4.78 is 25.1. The number of hydrogen-bond donors (Lipinski definition) is 1. The average Bonchev–Trinajstić information content (AvgIpc) is 2.89. The number of nitrogens with zero attached hydrogens (tertiary/aromatic N) is 2. The van der Waals surface area contributed by atoms with E-state index in [9.17, 15) is 4.79 Å². The highest BCUT2D eigenvalue weighted by Crippen LogP contribution is 2.33. The van der Waals surface area contributed by atoms with E-state index in [2.05, 4.69) is 12.4 Å². The molecule has 1 unspecified atom stereocenters. The maximum Gasteiger partial charge on any atom is 0.265 e. The van der Waals surface area contributed by atoms with Crippen molar-refractivity contribution < 1.29 is 28.1 Å². The van der Waals surface area contributed by atoms with Crippen LogP contribution in [-0.2, 0) is 28.1 Å². The first-order valence-electron chi connectivity index (χ1n) is 13.2. The van der Waals surface area contributed by atoms with Crippen molar-refractivity contribution in [3.63, 3.8) is 0 Å². The number of carbonyl (C=O) groups excluding carboxylic acids is 1. The number of likely N-dealkylation sites (N-methyl/N-ethyl adjacent to an activating group) is 1. The van der Waals surface area contributed by atoms with Gasteiger partial charge < -0.3 is 14.2 Å². The topological polar surface area (TPSA) is 81.7 Å². The zero-order valence-corrected chi connectivity index (χ0v) is 23.5. The lowest BCUT2D eigenvalue weighted by Crippen LogP contribution is -2.58. The van der Waals surface area contributed by atoms with Crippen LogP contribution in [0.1, 0.15) is 84.0 Å². The molecule has 1 N–H and O–H groups in total. The Bertz CT molecular complexity index is 571. The van der Waals surface area contributed by atoms with Gasteiger partial charge >= 0.3 is 0 Å². The van der Waals surface area contributed by atoms with Gasteiger partial charge in [0.05, 0.1) is 6.10 Å². The molecule has 0 aromatic rings. The Morgan fingerprint density at radius 1 is 1.09 bits per heavy atom. The highest BCUT2D eigenvalue weighted by atomic mass is 32.2. The molecule has 1 atom stereocenters. The Balaban J connectivity index is 0.00000432. The lowest BCUT2D eigenvalue weighted by atomic mass is 9.89. The van der Waals surface area contributed by atoms with Gasteiger partial charge in [-0.25, -0.2) is 18.9 Å². The van der Waals surface area contributed by atoms with Gasteiger partial charge in [-0.05, 0) is 44.9 Å². The summed E-state index contributed by atoms with van der Waals surface area (Å²) in [6, 6.07) is 0. The van der Waals surface area contributed by atoms with E-state index in [0.29, 0.717) is 38.8 Å². The Morgan fingerprint density at radius 2 is 1.83 bits per heavy atom. The fourth-order valence-corrected chi connectivity index (χ4v) is 5.36. The standard InChI is InChI=1S/C24H45N3O6S.H2S/c1-3-4-5-6-8-17-30-21-11-15-27(16-12-21)33-34-26(2)24(13-19-29-20-14-24)23(28)25-32-22-10-7-9-18-31-22;/h21-22H,3-20H2,1-2H3,(H,25,28);1H2. The fourth-order valence-electron chi connectivity index (χ4n) is 4.61. The molecule has 0 saturated carbocycles. The molecule has 206 valence electrons. The minimum atomic E-state index is -0.753. The van der Waals surface area contributed by atoms with Crippen molar-refractivity contribution in [1.82, 2.24) is 14.8 Å². The van der Waals surface area contributed by atoms with E-state index in [-0.39, 0.29) is 25.7 Å². The van der Waals surface area contributed by atoms with E-state index in [1.165, 1.54) is 37.9 Å². The van der Waals surface area contributed by atoms with Crippen LogP contribution in [0.25, 0.3) is 0 Å². The number of amides is 1. The highest BCUT2D eigenvalue weighted by molar-refractivity contribution is 7.92. The van der Waals surface area contributed by atoms with Crippen molar-refractivity contribution in [2.45, 2.75) is 102 Å². The highest BCUT2D eigenvalue weighted by Gasteiger charge is 2.45. The first-order valence-corrected chi connectivity index (χ1v) is 13.9. The van der Waals surface area contributed by atoms with Crippen molar-refractivity contribution in [3.8, 4) is 0 Å². The summed E-state index contributed by atoms with van der Waals surface area (Å²) in [5, 5.41) is 1.97. The van der Waals surface area contributed by atoms with Gasteiger partial charge in [-0.15, -0.1) is 0 Å². The van der Waals surface area contributed by atoms with E-state index < -0.39 is 5.54 Å². The average molecular weight is 538 g/mol. The van der Waals surface area contributed by atoms with Crippen molar-refractivity contribution in [2.24, 2.45) is 0 Å². The van der Waals surface area contributed by atoms with Crippen molar-refractivity contribution in [1.29, 1.82) is 0 Å². The predicted octanol–water partition coefficient (Wildman–Crippen LogP) is 4.10. The molecule has 3 aliphatic rings. The van der Waals surface area contributed by atoms with Gasteiger partial charge in [0.25, 0.3) is 5.91 Å². The number of hydrogen-bond acceptors (Lipinski definition) is 9. The normalized spacial score (nSPS) is 23.7. The lowest BCUT2D eigenvalue weighted by molar-refractivity contribution is -0.205. The summed E-state index contributed by atoms with van der Waals surface area (Å²) in [4.78, 5) is 18.8. The molecular weight excluding hydrogens is 490 g/mol. The molecule has 0 bridgehead atoms. The molecule has 0 aliphatic carbocycles. The number of piperidine rings is 1. The van der Waals surface area contributed by atoms with Crippen LogP contribution >= 0.6 is 25.7 Å². The zero-order valence-electron chi connectivity index (χ0n) is 21.6. The second-order valence-corrected chi connectivity index (χ2v) is 10.4. The Kier molecular flexibility index (Phi) is 15.5. The van der Waals surface area contributed by atoms with Gasteiger partial charge in [0, 0.05) is 53.0 Å². The molecule has 9 nitrogen and oxygen atoms in total. The molecule has 0 spiro atoms. The lowest BCUT2D eigenvalue weighted by Gasteiger charge is -2.42. The van der Waals surface area contributed by atoms with Gasteiger partial charge in [0.15, 0.2) is 6.29 Å². The number of carbonyl (C=O) groups is 1. The maximum absolute atomic E-state index is 13.2. The molecule has 1 amide bonds. The van der Waals surface area contributed by atoms with Gasteiger partial charge in [-0.1, -0.05) is 32.6 Å². The van der Waals surface area contributed by atoms with E-state index >= 15 is 0 Å². The fraction of sp³-hybridized carbons (Fsp3) is 0.958. The van der Waals surface area contributed by atoms with Gasteiger partial charge in [0.2, 0.25) is 0 Å².